The molecule has 17 heavy (non-hydrogen) atoms. The van der Waals surface area contributed by atoms with Gasteiger partial charge in [0.2, 0.25) is 5.88 Å². The Labute approximate surface area is 97.0 Å². The van der Waals surface area contributed by atoms with Crippen LogP contribution >= 0.6 is 0 Å². The average Bonchev–Trinajstić information content (AvgIpc) is 2.79. The Balaban J connectivity index is 2.47. The number of aromatic nitrogens is 3. The number of anilines is 1. The lowest BCUT2D eigenvalue weighted by Crippen LogP contribution is -2.10. The fraction of sp³-hybridized carbons (Fsp3) is 0.100. The van der Waals surface area contributed by atoms with Gasteiger partial charge in [0.05, 0.1) is 24.6 Å². The Bertz CT molecular complexity index is 564. The second-order valence-corrected chi connectivity index (χ2v) is 3.30. The summed E-state index contributed by atoms with van der Waals surface area (Å²) in [5.74, 6) is 0.236. The van der Waals surface area contributed by atoms with Crippen molar-refractivity contribution in [2.24, 2.45) is 5.73 Å². The van der Waals surface area contributed by atoms with Crippen LogP contribution in [0.25, 0.3) is 5.82 Å². The van der Waals surface area contributed by atoms with E-state index in [-0.39, 0.29) is 5.56 Å². The number of primary amides is 1. The Morgan fingerprint density at radius 2 is 2.24 bits per heavy atom. The second kappa shape index (κ2) is 4.12. The number of amides is 1. The van der Waals surface area contributed by atoms with Gasteiger partial charge in [-0.1, -0.05) is 0 Å². The molecule has 0 aliphatic rings. The Kier molecular flexibility index (Phi) is 2.65. The van der Waals surface area contributed by atoms with Gasteiger partial charge in [0.25, 0.3) is 5.91 Å². The molecule has 0 aliphatic carbocycles. The molecule has 4 N–H and O–H groups in total. The van der Waals surface area contributed by atoms with Gasteiger partial charge in [-0.3, -0.25) is 4.79 Å². The third kappa shape index (κ3) is 2.03. The summed E-state index contributed by atoms with van der Waals surface area (Å²) in [6.07, 6.45) is 2.81. The van der Waals surface area contributed by atoms with Crippen LogP contribution in [-0.2, 0) is 0 Å². The maximum absolute atomic E-state index is 10.9. The first-order chi connectivity index (χ1) is 8.11. The van der Waals surface area contributed by atoms with Crippen LogP contribution in [0, 0.1) is 0 Å². The van der Waals surface area contributed by atoms with Gasteiger partial charge in [-0.15, -0.1) is 0 Å². The zero-order chi connectivity index (χ0) is 12.4. The maximum Gasteiger partial charge on any atom is 0.251 e. The number of hydrogen-bond acceptors (Lipinski definition) is 5. The van der Waals surface area contributed by atoms with E-state index in [1.165, 1.54) is 24.2 Å². The van der Waals surface area contributed by atoms with E-state index in [0.717, 1.165) is 0 Å². The van der Waals surface area contributed by atoms with Crippen molar-refractivity contribution >= 4 is 11.6 Å². The number of carbonyl (C=O) groups is 1. The number of pyridine rings is 1. The van der Waals surface area contributed by atoms with Crippen molar-refractivity contribution in [3.8, 4) is 11.7 Å². The van der Waals surface area contributed by atoms with Crippen LogP contribution in [-0.4, -0.2) is 27.8 Å². The summed E-state index contributed by atoms with van der Waals surface area (Å²) in [4.78, 5) is 15.1. The number of ether oxygens (including phenoxy) is 1. The first-order valence-corrected chi connectivity index (χ1v) is 4.77. The molecule has 0 saturated heterocycles. The molecule has 0 atom stereocenters. The molecule has 2 aromatic rings. The molecule has 0 aliphatic heterocycles. The first-order valence-electron chi connectivity index (χ1n) is 4.77. The molecule has 0 unspecified atom stereocenters. The summed E-state index contributed by atoms with van der Waals surface area (Å²) in [5, 5.41) is 3.96. The molecule has 2 rings (SSSR count). The number of nitrogens with zero attached hydrogens (tertiary/aromatic N) is 3. The third-order valence-corrected chi connectivity index (χ3v) is 2.17. The molecule has 7 nitrogen and oxygen atoms in total. The zero-order valence-electron chi connectivity index (χ0n) is 9.12. The van der Waals surface area contributed by atoms with Crippen molar-refractivity contribution in [1.29, 1.82) is 0 Å². The van der Waals surface area contributed by atoms with Crippen molar-refractivity contribution in [3.63, 3.8) is 0 Å². The molecular formula is C10H11N5O2. The molecule has 0 spiro atoms. The van der Waals surface area contributed by atoms with E-state index in [9.17, 15) is 4.79 Å². The molecule has 88 valence electrons. The van der Waals surface area contributed by atoms with Gasteiger partial charge >= 0.3 is 0 Å². The van der Waals surface area contributed by atoms with Crippen LogP contribution in [0.3, 0.4) is 0 Å². The smallest absolute Gasteiger partial charge is 0.251 e. The minimum atomic E-state index is -0.558. The van der Waals surface area contributed by atoms with Crippen LogP contribution in [0.2, 0.25) is 0 Å². The van der Waals surface area contributed by atoms with E-state index in [1.807, 2.05) is 0 Å². The second-order valence-electron chi connectivity index (χ2n) is 3.30. The number of rotatable bonds is 3. The van der Waals surface area contributed by atoms with E-state index >= 15 is 0 Å². The van der Waals surface area contributed by atoms with Crippen LogP contribution in [0.1, 0.15) is 10.4 Å². The highest BCUT2D eigenvalue weighted by atomic mass is 16.5. The quantitative estimate of drug-likeness (QED) is 0.772. The van der Waals surface area contributed by atoms with Crippen molar-refractivity contribution in [1.82, 2.24) is 14.8 Å². The molecule has 0 bridgehead atoms. The molecule has 2 aromatic heterocycles. The minimum Gasteiger partial charge on any atom is -0.481 e. The van der Waals surface area contributed by atoms with Crippen LogP contribution in [0.5, 0.6) is 5.88 Å². The van der Waals surface area contributed by atoms with Crippen LogP contribution in [0.4, 0.5) is 5.69 Å². The predicted molar refractivity (Wildman–Crippen MR) is 60.8 cm³/mol. The van der Waals surface area contributed by atoms with Crippen molar-refractivity contribution in [2.45, 2.75) is 0 Å². The van der Waals surface area contributed by atoms with Gasteiger partial charge in [-0.25, -0.2) is 4.68 Å². The van der Waals surface area contributed by atoms with E-state index in [1.54, 1.807) is 12.1 Å². The maximum atomic E-state index is 10.9. The summed E-state index contributed by atoms with van der Waals surface area (Å²) in [7, 11) is 1.50. The molecule has 0 fully saturated rings. The highest BCUT2D eigenvalue weighted by Gasteiger charge is 2.10. The monoisotopic (exact) mass is 233 g/mol. The molecule has 0 saturated carbocycles. The standard InChI is InChI=1S/C10H11N5O2/c1-17-8-3-2-7(11)10(14-8)15-5-6(4-13-15)9(12)16/h2-5H,11H2,1H3,(H2,12,16). The summed E-state index contributed by atoms with van der Waals surface area (Å²) in [6.45, 7) is 0. The molecule has 0 radical (unpaired) electrons. The SMILES string of the molecule is COc1ccc(N)c(-n2cc(C(N)=O)cn2)n1. The molecule has 0 aromatic carbocycles. The lowest BCUT2D eigenvalue weighted by atomic mass is 10.3. The van der Waals surface area contributed by atoms with Crippen molar-refractivity contribution < 1.29 is 9.53 Å². The van der Waals surface area contributed by atoms with E-state index in [4.69, 9.17) is 16.2 Å². The van der Waals surface area contributed by atoms with Crippen molar-refractivity contribution in [2.75, 3.05) is 12.8 Å². The fourth-order valence-corrected chi connectivity index (χ4v) is 1.30. The van der Waals surface area contributed by atoms with Gasteiger partial charge in [-0.05, 0) is 6.07 Å². The zero-order valence-corrected chi connectivity index (χ0v) is 9.12. The fourth-order valence-electron chi connectivity index (χ4n) is 1.30. The lowest BCUT2D eigenvalue weighted by Gasteiger charge is -2.06. The van der Waals surface area contributed by atoms with Crippen LogP contribution in [0.15, 0.2) is 24.5 Å². The minimum absolute atomic E-state index is 0.286. The van der Waals surface area contributed by atoms with Gasteiger partial charge < -0.3 is 16.2 Å². The number of methoxy groups -OCH3 is 1. The van der Waals surface area contributed by atoms with E-state index in [0.29, 0.717) is 17.4 Å². The lowest BCUT2D eigenvalue weighted by molar-refractivity contribution is 0.100. The van der Waals surface area contributed by atoms with Crippen LogP contribution < -0.4 is 16.2 Å². The topological polar surface area (TPSA) is 109 Å². The Hall–Kier alpha value is -2.57. The van der Waals surface area contributed by atoms with Gasteiger partial charge in [0.15, 0.2) is 5.82 Å². The summed E-state index contributed by atoms with van der Waals surface area (Å²) in [5.41, 5.74) is 11.6. The molecule has 2 heterocycles. The molecule has 7 heteroatoms. The van der Waals surface area contributed by atoms with Gasteiger partial charge in [0.1, 0.15) is 0 Å². The summed E-state index contributed by atoms with van der Waals surface area (Å²) in [6, 6.07) is 3.28. The van der Waals surface area contributed by atoms with E-state index < -0.39 is 5.91 Å². The predicted octanol–water partition coefficient (Wildman–Crippen LogP) is -0.0430. The number of carbonyl (C=O) groups excluding carboxylic acids is 1. The number of hydrogen-bond donors (Lipinski definition) is 2. The highest BCUT2D eigenvalue weighted by Crippen LogP contribution is 2.18. The van der Waals surface area contributed by atoms with E-state index in [2.05, 4.69) is 10.1 Å². The Morgan fingerprint density at radius 1 is 1.47 bits per heavy atom. The average molecular weight is 233 g/mol. The number of nitrogen functional groups attached to an aromatic ring is 1. The Morgan fingerprint density at radius 3 is 2.82 bits per heavy atom. The first kappa shape index (κ1) is 10.9. The molecule has 1 amide bonds. The van der Waals surface area contributed by atoms with Crippen molar-refractivity contribution in [3.05, 3.63) is 30.1 Å². The summed E-state index contributed by atoms with van der Waals surface area (Å²) < 4.78 is 6.36. The largest absolute Gasteiger partial charge is 0.481 e. The number of nitrogens with two attached hydrogens (primary N) is 2. The highest BCUT2D eigenvalue weighted by molar-refractivity contribution is 5.92. The molecular weight excluding hydrogens is 222 g/mol. The summed E-state index contributed by atoms with van der Waals surface area (Å²) >= 11 is 0. The normalized spacial score (nSPS) is 10.2. The van der Waals surface area contributed by atoms with Gasteiger partial charge in [-0.2, -0.15) is 10.1 Å². The van der Waals surface area contributed by atoms with Gasteiger partial charge in [0, 0.05) is 12.3 Å². The third-order valence-electron chi connectivity index (χ3n) is 2.17.